The predicted molar refractivity (Wildman–Crippen MR) is 71.4 cm³/mol. The molecule has 2 rings (SSSR count). The van der Waals surface area contributed by atoms with Gasteiger partial charge in [0.1, 0.15) is 5.76 Å². The minimum absolute atomic E-state index is 0.209. The Balaban J connectivity index is 1.91. The SMILES string of the molecule is CCNC(Cc1ccco1)C1CCC(C(F)(F)F)CC1. The van der Waals surface area contributed by atoms with Gasteiger partial charge in [-0.1, -0.05) is 6.92 Å². The summed E-state index contributed by atoms with van der Waals surface area (Å²) in [5.74, 6) is 0.0946. The zero-order chi connectivity index (χ0) is 14.6. The number of furan rings is 1. The molecule has 1 fully saturated rings. The highest BCUT2D eigenvalue weighted by atomic mass is 19.4. The third kappa shape index (κ3) is 4.01. The number of hydrogen-bond donors (Lipinski definition) is 1. The summed E-state index contributed by atoms with van der Waals surface area (Å²) in [6, 6.07) is 3.98. The monoisotopic (exact) mass is 289 g/mol. The van der Waals surface area contributed by atoms with Gasteiger partial charge in [-0.25, -0.2) is 0 Å². The summed E-state index contributed by atoms with van der Waals surface area (Å²) >= 11 is 0. The molecule has 0 aliphatic heterocycles. The fraction of sp³-hybridized carbons (Fsp3) is 0.733. The zero-order valence-corrected chi connectivity index (χ0v) is 11.7. The zero-order valence-electron chi connectivity index (χ0n) is 11.7. The van der Waals surface area contributed by atoms with Crippen molar-refractivity contribution in [3.63, 3.8) is 0 Å². The topological polar surface area (TPSA) is 25.2 Å². The third-order valence-electron chi connectivity index (χ3n) is 4.27. The van der Waals surface area contributed by atoms with Gasteiger partial charge in [0.05, 0.1) is 12.2 Å². The van der Waals surface area contributed by atoms with Gasteiger partial charge in [0.15, 0.2) is 0 Å². The molecule has 114 valence electrons. The normalized spacial score (nSPS) is 25.6. The minimum atomic E-state index is -4.03. The predicted octanol–water partition coefficient (Wildman–Crippen LogP) is 4.17. The summed E-state index contributed by atoms with van der Waals surface area (Å²) < 4.78 is 43.4. The first-order chi connectivity index (χ1) is 9.50. The molecule has 5 heteroatoms. The molecule has 1 unspecified atom stereocenters. The van der Waals surface area contributed by atoms with Crippen molar-refractivity contribution in [3.05, 3.63) is 24.2 Å². The van der Waals surface area contributed by atoms with Crippen molar-refractivity contribution >= 4 is 0 Å². The molecule has 1 N–H and O–H groups in total. The number of hydrogen-bond acceptors (Lipinski definition) is 2. The van der Waals surface area contributed by atoms with E-state index in [1.165, 1.54) is 0 Å². The van der Waals surface area contributed by atoms with Crippen LogP contribution in [-0.2, 0) is 6.42 Å². The van der Waals surface area contributed by atoms with Crippen LogP contribution in [0.2, 0.25) is 0 Å². The van der Waals surface area contributed by atoms with Crippen LogP contribution in [0.4, 0.5) is 13.2 Å². The lowest BCUT2D eigenvalue weighted by Crippen LogP contribution is -2.41. The highest BCUT2D eigenvalue weighted by molar-refractivity contribution is 5.02. The van der Waals surface area contributed by atoms with Crippen LogP contribution >= 0.6 is 0 Å². The molecule has 1 aliphatic rings. The minimum Gasteiger partial charge on any atom is -0.469 e. The molecule has 0 amide bonds. The van der Waals surface area contributed by atoms with Crippen LogP contribution in [0, 0.1) is 11.8 Å². The van der Waals surface area contributed by atoms with Gasteiger partial charge in [0.2, 0.25) is 0 Å². The van der Waals surface area contributed by atoms with Crippen molar-refractivity contribution in [2.24, 2.45) is 11.8 Å². The molecule has 1 heterocycles. The molecule has 0 aromatic carbocycles. The Morgan fingerprint density at radius 1 is 1.30 bits per heavy atom. The molecule has 1 aliphatic carbocycles. The van der Waals surface area contributed by atoms with E-state index in [1.54, 1.807) is 6.26 Å². The number of halogens is 3. The number of alkyl halides is 3. The fourth-order valence-corrected chi connectivity index (χ4v) is 3.16. The summed E-state index contributed by atoms with van der Waals surface area (Å²) in [6.45, 7) is 2.85. The quantitative estimate of drug-likeness (QED) is 0.880. The second-order valence-electron chi connectivity index (χ2n) is 5.60. The fourth-order valence-electron chi connectivity index (χ4n) is 3.16. The number of nitrogens with one attached hydrogen (secondary N) is 1. The standard InChI is InChI=1S/C15H22F3NO/c1-2-19-14(10-13-4-3-9-20-13)11-5-7-12(8-6-11)15(16,17)18/h3-4,9,11-12,14,19H,2,5-8,10H2,1H3. The molecule has 0 radical (unpaired) electrons. The van der Waals surface area contributed by atoms with Crippen molar-refractivity contribution in [2.45, 2.75) is 51.2 Å². The van der Waals surface area contributed by atoms with E-state index in [-0.39, 0.29) is 18.9 Å². The van der Waals surface area contributed by atoms with Crippen LogP contribution in [0.3, 0.4) is 0 Å². The Kier molecular flexibility index (Phi) is 5.13. The maximum Gasteiger partial charge on any atom is 0.391 e. The molecule has 0 spiro atoms. The first-order valence-electron chi connectivity index (χ1n) is 7.33. The van der Waals surface area contributed by atoms with Gasteiger partial charge < -0.3 is 9.73 Å². The maximum atomic E-state index is 12.7. The van der Waals surface area contributed by atoms with Gasteiger partial charge in [0, 0.05) is 12.5 Å². The lowest BCUT2D eigenvalue weighted by molar-refractivity contribution is -0.184. The van der Waals surface area contributed by atoms with Crippen LogP contribution in [-0.4, -0.2) is 18.8 Å². The van der Waals surface area contributed by atoms with Gasteiger partial charge in [-0.15, -0.1) is 0 Å². The summed E-state index contributed by atoms with van der Waals surface area (Å²) in [6.07, 6.45) is 0.161. The van der Waals surface area contributed by atoms with Crippen molar-refractivity contribution in [2.75, 3.05) is 6.54 Å². The molecule has 1 saturated carbocycles. The van der Waals surface area contributed by atoms with E-state index < -0.39 is 12.1 Å². The summed E-state index contributed by atoms with van der Waals surface area (Å²) in [4.78, 5) is 0. The first-order valence-corrected chi connectivity index (χ1v) is 7.33. The van der Waals surface area contributed by atoms with Gasteiger partial charge in [-0.2, -0.15) is 13.2 Å². The largest absolute Gasteiger partial charge is 0.469 e. The first kappa shape index (κ1) is 15.4. The average molecular weight is 289 g/mol. The second kappa shape index (κ2) is 6.66. The average Bonchev–Trinajstić information content (AvgIpc) is 2.90. The van der Waals surface area contributed by atoms with Crippen LogP contribution in [0.25, 0.3) is 0 Å². The van der Waals surface area contributed by atoms with Crippen molar-refractivity contribution < 1.29 is 17.6 Å². The molecular formula is C15H22F3NO. The molecule has 1 atom stereocenters. The molecule has 0 bridgehead atoms. The van der Waals surface area contributed by atoms with Gasteiger partial charge in [-0.3, -0.25) is 0 Å². The van der Waals surface area contributed by atoms with E-state index in [1.807, 2.05) is 19.1 Å². The number of rotatable bonds is 5. The van der Waals surface area contributed by atoms with Crippen LogP contribution in [0.5, 0.6) is 0 Å². The van der Waals surface area contributed by atoms with E-state index in [0.29, 0.717) is 18.8 Å². The van der Waals surface area contributed by atoms with Crippen molar-refractivity contribution in [3.8, 4) is 0 Å². The van der Waals surface area contributed by atoms with E-state index in [2.05, 4.69) is 5.32 Å². The molecule has 0 saturated heterocycles. The molecule has 20 heavy (non-hydrogen) atoms. The smallest absolute Gasteiger partial charge is 0.391 e. The van der Waals surface area contributed by atoms with Crippen molar-refractivity contribution in [1.29, 1.82) is 0 Å². The Morgan fingerprint density at radius 2 is 2.00 bits per heavy atom. The highest BCUT2D eigenvalue weighted by Crippen LogP contribution is 2.40. The number of likely N-dealkylation sites (N-methyl/N-ethyl adjacent to an activating group) is 1. The van der Waals surface area contributed by atoms with E-state index in [9.17, 15) is 13.2 Å². The van der Waals surface area contributed by atoms with Crippen LogP contribution in [0.15, 0.2) is 22.8 Å². The Hall–Kier alpha value is -0.970. The van der Waals surface area contributed by atoms with Crippen molar-refractivity contribution in [1.82, 2.24) is 5.32 Å². The summed E-state index contributed by atoms with van der Waals surface area (Å²) in [5, 5.41) is 3.40. The van der Waals surface area contributed by atoms with Crippen LogP contribution < -0.4 is 5.32 Å². The van der Waals surface area contributed by atoms with E-state index >= 15 is 0 Å². The van der Waals surface area contributed by atoms with Gasteiger partial charge in [-0.05, 0) is 50.3 Å². The molecule has 1 aromatic heterocycles. The lowest BCUT2D eigenvalue weighted by Gasteiger charge is -2.34. The van der Waals surface area contributed by atoms with E-state index in [4.69, 9.17) is 4.42 Å². The van der Waals surface area contributed by atoms with Gasteiger partial charge in [0.25, 0.3) is 0 Å². The second-order valence-corrected chi connectivity index (χ2v) is 5.60. The Morgan fingerprint density at radius 3 is 2.50 bits per heavy atom. The summed E-state index contributed by atoms with van der Waals surface area (Å²) in [5.41, 5.74) is 0. The maximum absolute atomic E-state index is 12.7. The lowest BCUT2D eigenvalue weighted by atomic mass is 9.77. The molecular weight excluding hydrogens is 267 g/mol. The third-order valence-corrected chi connectivity index (χ3v) is 4.27. The molecule has 2 nitrogen and oxygen atoms in total. The van der Waals surface area contributed by atoms with E-state index in [0.717, 1.165) is 18.7 Å². The Bertz CT molecular complexity index is 380. The summed E-state index contributed by atoms with van der Waals surface area (Å²) in [7, 11) is 0. The van der Waals surface area contributed by atoms with Gasteiger partial charge >= 0.3 is 6.18 Å². The highest BCUT2D eigenvalue weighted by Gasteiger charge is 2.42. The molecule has 1 aromatic rings. The van der Waals surface area contributed by atoms with Crippen LogP contribution in [0.1, 0.15) is 38.4 Å². The Labute approximate surface area is 117 Å².